The number of pyridine rings is 1. The largest absolute Gasteiger partial charge is 0.503 e. The lowest BCUT2D eigenvalue weighted by Gasteiger charge is -2.19. The average Bonchev–Trinajstić information content (AvgIpc) is 2.49. The van der Waals surface area contributed by atoms with E-state index in [9.17, 15) is 14.7 Å². The van der Waals surface area contributed by atoms with Crippen molar-refractivity contribution in [3.05, 3.63) is 64.1 Å². The number of carboxylic acid groups (broad SMARTS) is 1. The summed E-state index contributed by atoms with van der Waals surface area (Å²) in [7, 11) is 1.67. The molecule has 6 nitrogen and oxygen atoms in total. The fourth-order valence-corrected chi connectivity index (χ4v) is 2.40. The predicted octanol–water partition coefficient (Wildman–Crippen LogP) is 1.31. The average molecular weight is 316 g/mol. The molecule has 0 radical (unpaired) electrons. The van der Waals surface area contributed by atoms with Crippen LogP contribution in [0.3, 0.4) is 0 Å². The molecule has 0 saturated heterocycles. The molecule has 0 spiro atoms. The van der Waals surface area contributed by atoms with Gasteiger partial charge in [0.2, 0.25) is 5.43 Å². The number of likely N-dealkylation sites (N-methyl/N-ethyl adjacent to an activating group) is 1. The lowest BCUT2D eigenvalue weighted by molar-refractivity contribution is -0.138. The number of hydrogen-bond acceptors (Lipinski definition) is 4. The van der Waals surface area contributed by atoms with E-state index in [2.05, 4.69) is 0 Å². The van der Waals surface area contributed by atoms with Crippen molar-refractivity contribution in [1.82, 2.24) is 9.47 Å². The van der Waals surface area contributed by atoms with E-state index in [1.54, 1.807) is 16.5 Å². The van der Waals surface area contributed by atoms with Crippen LogP contribution in [0.2, 0.25) is 0 Å². The summed E-state index contributed by atoms with van der Waals surface area (Å²) in [5.41, 5.74) is 1.36. The molecule has 1 aromatic carbocycles. The Morgan fingerprint density at radius 3 is 2.61 bits per heavy atom. The first kappa shape index (κ1) is 16.8. The molecule has 2 aromatic rings. The third kappa shape index (κ3) is 4.96. The molecule has 0 aliphatic rings. The second-order valence-electron chi connectivity index (χ2n) is 5.51. The fraction of sp³-hybridized carbons (Fsp3) is 0.294. The van der Waals surface area contributed by atoms with Crippen molar-refractivity contribution < 1.29 is 15.0 Å². The Morgan fingerprint density at radius 1 is 1.26 bits per heavy atom. The Balaban J connectivity index is 2.18. The van der Waals surface area contributed by atoms with E-state index < -0.39 is 11.4 Å². The Kier molecular flexibility index (Phi) is 5.54. The smallest absolute Gasteiger partial charge is 0.317 e. The molecule has 122 valence electrons. The topological polar surface area (TPSA) is 82.8 Å². The standard InChI is InChI=1S/C17H20N2O4/c1-18(12-17(22)23)10-14-9-15(20)16(21)11-19(14)8-7-13-5-3-2-4-6-13/h2-6,9,11,21H,7-8,10,12H2,1H3,(H,22,23). The van der Waals surface area contributed by atoms with Gasteiger partial charge >= 0.3 is 5.97 Å². The minimum Gasteiger partial charge on any atom is -0.503 e. The monoisotopic (exact) mass is 316 g/mol. The van der Waals surface area contributed by atoms with Crippen LogP contribution >= 0.6 is 0 Å². The normalized spacial score (nSPS) is 10.9. The van der Waals surface area contributed by atoms with Crippen LogP contribution in [0.4, 0.5) is 0 Å². The Labute approximate surface area is 134 Å². The summed E-state index contributed by atoms with van der Waals surface area (Å²) in [5.74, 6) is -1.23. The first-order chi connectivity index (χ1) is 11.0. The van der Waals surface area contributed by atoms with Crippen molar-refractivity contribution in [3.63, 3.8) is 0 Å². The lowest BCUT2D eigenvalue weighted by Crippen LogP contribution is -2.27. The van der Waals surface area contributed by atoms with E-state index in [1.165, 1.54) is 12.3 Å². The molecule has 6 heteroatoms. The molecule has 0 atom stereocenters. The molecule has 0 saturated carbocycles. The van der Waals surface area contributed by atoms with Crippen molar-refractivity contribution in [2.45, 2.75) is 19.5 Å². The van der Waals surface area contributed by atoms with Crippen molar-refractivity contribution in [2.75, 3.05) is 13.6 Å². The molecule has 0 fully saturated rings. The van der Waals surface area contributed by atoms with E-state index in [-0.39, 0.29) is 12.3 Å². The molecule has 2 rings (SSSR count). The minimum absolute atomic E-state index is 0.117. The maximum atomic E-state index is 11.7. The van der Waals surface area contributed by atoms with Crippen molar-refractivity contribution in [1.29, 1.82) is 0 Å². The summed E-state index contributed by atoms with van der Waals surface area (Å²) >= 11 is 0. The van der Waals surface area contributed by atoms with Crippen molar-refractivity contribution in [2.24, 2.45) is 0 Å². The highest BCUT2D eigenvalue weighted by Crippen LogP contribution is 2.10. The van der Waals surface area contributed by atoms with Gasteiger partial charge in [-0.2, -0.15) is 0 Å². The van der Waals surface area contributed by atoms with Crippen molar-refractivity contribution >= 4 is 5.97 Å². The van der Waals surface area contributed by atoms with Crippen LogP contribution in [0, 0.1) is 0 Å². The fourth-order valence-electron chi connectivity index (χ4n) is 2.40. The number of benzene rings is 1. The van der Waals surface area contributed by atoms with Gasteiger partial charge in [-0.25, -0.2) is 0 Å². The van der Waals surface area contributed by atoms with Gasteiger partial charge in [0, 0.05) is 24.8 Å². The first-order valence-corrected chi connectivity index (χ1v) is 7.32. The zero-order valence-corrected chi connectivity index (χ0v) is 13.0. The molecular formula is C17H20N2O4. The SMILES string of the molecule is CN(CC(=O)O)Cc1cc(=O)c(O)cn1CCc1ccccc1. The van der Waals surface area contributed by atoms with E-state index in [0.29, 0.717) is 18.8 Å². The van der Waals surface area contributed by atoms with E-state index in [1.807, 2.05) is 30.3 Å². The Bertz CT molecular complexity index is 725. The Hall–Kier alpha value is -2.60. The Morgan fingerprint density at radius 2 is 1.96 bits per heavy atom. The number of rotatable bonds is 7. The van der Waals surface area contributed by atoms with Crippen LogP contribution in [0.1, 0.15) is 11.3 Å². The first-order valence-electron chi connectivity index (χ1n) is 7.32. The van der Waals surface area contributed by atoms with Gasteiger partial charge in [-0.15, -0.1) is 0 Å². The molecule has 0 amide bonds. The van der Waals surface area contributed by atoms with E-state index >= 15 is 0 Å². The molecule has 0 aliphatic heterocycles. The molecular weight excluding hydrogens is 296 g/mol. The van der Waals surface area contributed by atoms with Gasteiger partial charge in [-0.3, -0.25) is 14.5 Å². The highest BCUT2D eigenvalue weighted by molar-refractivity contribution is 5.69. The number of nitrogens with zero attached hydrogens (tertiary/aromatic N) is 2. The van der Waals surface area contributed by atoms with Gasteiger partial charge < -0.3 is 14.8 Å². The number of carboxylic acids is 1. The van der Waals surface area contributed by atoms with Gasteiger partial charge in [0.15, 0.2) is 5.75 Å². The maximum absolute atomic E-state index is 11.7. The van der Waals surface area contributed by atoms with Crippen LogP contribution in [0.5, 0.6) is 5.75 Å². The van der Waals surface area contributed by atoms with Gasteiger partial charge in [0.25, 0.3) is 0 Å². The van der Waals surface area contributed by atoms with Gasteiger partial charge in [0.1, 0.15) is 0 Å². The molecule has 0 bridgehead atoms. The quantitative estimate of drug-likeness (QED) is 0.805. The van der Waals surface area contributed by atoms with Gasteiger partial charge in [0.05, 0.1) is 12.7 Å². The van der Waals surface area contributed by atoms with Crippen LogP contribution in [-0.2, 0) is 24.3 Å². The van der Waals surface area contributed by atoms with Gasteiger partial charge in [-0.1, -0.05) is 30.3 Å². The number of aryl methyl sites for hydroxylation is 2. The molecule has 1 heterocycles. The van der Waals surface area contributed by atoms with Crippen LogP contribution in [-0.4, -0.2) is 39.2 Å². The maximum Gasteiger partial charge on any atom is 0.317 e. The second-order valence-corrected chi connectivity index (χ2v) is 5.51. The van der Waals surface area contributed by atoms with E-state index in [4.69, 9.17) is 5.11 Å². The summed E-state index contributed by atoms with van der Waals surface area (Å²) < 4.78 is 1.79. The van der Waals surface area contributed by atoms with E-state index in [0.717, 1.165) is 12.0 Å². The number of aromatic hydroxyl groups is 1. The van der Waals surface area contributed by atoms with Crippen LogP contribution in [0.15, 0.2) is 47.4 Å². The zero-order chi connectivity index (χ0) is 16.8. The molecule has 0 aliphatic carbocycles. The van der Waals surface area contributed by atoms with Crippen molar-refractivity contribution in [3.8, 4) is 5.75 Å². The van der Waals surface area contributed by atoms with Crippen LogP contribution < -0.4 is 5.43 Å². The summed E-state index contributed by atoms with van der Waals surface area (Å²) in [6, 6.07) is 11.2. The minimum atomic E-state index is -0.926. The number of aliphatic carboxylic acids is 1. The number of hydrogen-bond donors (Lipinski definition) is 2. The molecule has 2 N–H and O–H groups in total. The highest BCUT2D eigenvalue weighted by Gasteiger charge is 2.10. The lowest BCUT2D eigenvalue weighted by atomic mass is 10.1. The number of carbonyl (C=O) groups is 1. The second kappa shape index (κ2) is 7.60. The third-order valence-corrected chi connectivity index (χ3v) is 3.52. The number of aromatic nitrogens is 1. The molecule has 0 unspecified atom stereocenters. The van der Waals surface area contributed by atoms with Gasteiger partial charge in [-0.05, 0) is 19.0 Å². The van der Waals surface area contributed by atoms with Crippen LogP contribution in [0.25, 0.3) is 0 Å². The summed E-state index contributed by atoms with van der Waals surface area (Å²) in [4.78, 5) is 24.0. The molecule has 1 aromatic heterocycles. The summed E-state index contributed by atoms with van der Waals surface area (Å²) in [6.45, 7) is 0.790. The highest BCUT2D eigenvalue weighted by atomic mass is 16.4. The molecule has 23 heavy (non-hydrogen) atoms. The summed E-state index contributed by atoms with van der Waals surface area (Å²) in [5, 5.41) is 18.5. The predicted molar refractivity (Wildman–Crippen MR) is 86.5 cm³/mol. The summed E-state index contributed by atoms with van der Waals surface area (Å²) in [6.07, 6.45) is 2.16. The third-order valence-electron chi connectivity index (χ3n) is 3.52. The zero-order valence-electron chi connectivity index (χ0n) is 13.0.